The number of hydrogen-bond acceptors (Lipinski definition) is 5. The molecule has 2 aromatic rings. The molecule has 0 spiro atoms. The predicted octanol–water partition coefficient (Wildman–Crippen LogP) is 2.13. The summed E-state index contributed by atoms with van der Waals surface area (Å²) in [5.41, 5.74) is 3.66. The molecular weight excluding hydrogens is 338 g/mol. The van der Waals surface area contributed by atoms with Crippen molar-refractivity contribution in [3.63, 3.8) is 0 Å². The second-order valence-corrected chi connectivity index (χ2v) is 8.23. The molecule has 4 rings (SSSR count). The molecule has 146 valence electrons. The number of nitrogens with zero attached hydrogens (tertiary/aromatic N) is 5. The summed E-state index contributed by atoms with van der Waals surface area (Å²) >= 11 is 0. The van der Waals surface area contributed by atoms with Gasteiger partial charge in [-0.3, -0.25) is 14.5 Å². The molecule has 1 saturated heterocycles. The lowest BCUT2D eigenvalue weighted by atomic mass is 10.0. The molecule has 1 atom stereocenters. The molecule has 0 bridgehead atoms. The summed E-state index contributed by atoms with van der Waals surface area (Å²) in [7, 11) is 4.37. The van der Waals surface area contributed by atoms with Gasteiger partial charge in [0.2, 0.25) is 0 Å². The molecule has 3 heterocycles. The highest BCUT2D eigenvalue weighted by molar-refractivity contribution is 5.27. The van der Waals surface area contributed by atoms with Gasteiger partial charge in [0.05, 0.1) is 17.9 Å². The van der Waals surface area contributed by atoms with E-state index in [2.05, 4.69) is 45.6 Å². The van der Waals surface area contributed by atoms with Crippen molar-refractivity contribution in [2.45, 2.75) is 45.1 Å². The van der Waals surface area contributed by atoms with Crippen molar-refractivity contribution in [1.29, 1.82) is 0 Å². The number of likely N-dealkylation sites (N-methyl/N-ethyl adjacent to an activating group) is 1. The van der Waals surface area contributed by atoms with Crippen molar-refractivity contribution in [3.05, 3.63) is 47.3 Å². The lowest BCUT2D eigenvalue weighted by Gasteiger charge is -2.35. The Morgan fingerprint density at radius 2 is 2.00 bits per heavy atom. The molecule has 6 heteroatoms. The number of aromatic hydroxyl groups is 1. The first-order chi connectivity index (χ1) is 13.1. The quantitative estimate of drug-likeness (QED) is 0.875. The molecule has 2 aliphatic heterocycles. The zero-order valence-electron chi connectivity index (χ0n) is 16.5. The fraction of sp³-hybridized carbons (Fsp3) is 0.571. The maximum absolute atomic E-state index is 9.67. The summed E-state index contributed by atoms with van der Waals surface area (Å²) in [5.74, 6) is 0.342. The van der Waals surface area contributed by atoms with E-state index in [0.717, 1.165) is 44.8 Å². The van der Waals surface area contributed by atoms with Crippen LogP contribution in [0.4, 0.5) is 0 Å². The Kier molecular flexibility index (Phi) is 5.48. The van der Waals surface area contributed by atoms with E-state index in [4.69, 9.17) is 5.10 Å². The molecule has 0 unspecified atom stereocenters. The van der Waals surface area contributed by atoms with E-state index < -0.39 is 0 Å². The number of aromatic nitrogens is 2. The second kappa shape index (κ2) is 8.00. The van der Waals surface area contributed by atoms with E-state index >= 15 is 0 Å². The third-order valence-electron chi connectivity index (χ3n) is 5.84. The molecule has 0 amide bonds. The number of phenols is 1. The molecule has 27 heavy (non-hydrogen) atoms. The Bertz CT molecular complexity index is 772. The van der Waals surface area contributed by atoms with Crippen LogP contribution in [0.1, 0.15) is 29.8 Å². The van der Waals surface area contributed by atoms with Crippen molar-refractivity contribution in [1.82, 2.24) is 24.5 Å². The fourth-order valence-electron chi connectivity index (χ4n) is 4.33. The van der Waals surface area contributed by atoms with Crippen molar-refractivity contribution >= 4 is 0 Å². The monoisotopic (exact) mass is 369 g/mol. The number of fused-ring (bicyclic) bond motifs is 1. The first kappa shape index (κ1) is 18.5. The van der Waals surface area contributed by atoms with E-state index in [-0.39, 0.29) is 0 Å². The van der Waals surface area contributed by atoms with Gasteiger partial charge in [0.15, 0.2) is 0 Å². The van der Waals surface area contributed by atoms with Crippen LogP contribution in [0, 0.1) is 0 Å². The Morgan fingerprint density at radius 1 is 1.11 bits per heavy atom. The summed E-state index contributed by atoms with van der Waals surface area (Å²) in [6.45, 7) is 6.99. The first-order valence-electron chi connectivity index (χ1n) is 10.0. The van der Waals surface area contributed by atoms with Gasteiger partial charge in [-0.15, -0.1) is 0 Å². The Morgan fingerprint density at radius 3 is 2.81 bits per heavy atom. The summed E-state index contributed by atoms with van der Waals surface area (Å²) in [6.07, 6.45) is 2.57. The van der Waals surface area contributed by atoms with Crippen LogP contribution in [0.3, 0.4) is 0 Å². The van der Waals surface area contributed by atoms with Crippen LogP contribution >= 0.6 is 0 Å². The van der Waals surface area contributed by atoms with Crippen molar-refractivity contribution < 1.29 is 5.11 Å². The summed E-state index contributed by atoms with van der Waals surface area (Å²) in [4.78, 5) is 7.33. The number of likely N-dealkylation sites (tertiary alicyclic amines) is 1. The zero-order valence-corrected chi connectivity index (χ0v) is 16.5. The number of benzene rings is 1. The lowest BCUT2D eigenvalue weighted by molar-refractivity contribution is 0.126. The van der Waals surface area contributed by atoms with Gasteiger partial charge in [-0.25, -0.2) is 0 Å². The fourth-order valence-corrected chi connectivity index (χ4v) is 4.33. The van der Waals surface area contributed by atoms with Crippen molar-refractivity contribution in [2.75, 3.05) is 33.7 Å². The number of hydrogen-bond donors (Lipinski definition) is 1. The Balaban J connectivity index is 1.37. The van der Waals surface area contributed by atoms with Gasteiger partial charge in [0.25, 0.3) is 0 Å². The second-order valence-electron chi connectivity index (χ2n) is 8.23. The molecule has 6 nitrogen and oxygen atoms in total. The largest absolute Gasteiger partial charge is 0.508 e. The Hall–Kier alpha value is -1.89. The molecule has 1 aromatic heterocycles. The third kappa shape index (κ3) is 4.51. The summed E-state index contributed by atoms with van der Waals surface area (Å²) < 4.78 is 2.18. The van der Waals surface area contributed by atoms with Crippen LogP contribution in [-0.4, -0.2) is 69.4 Å². The molecule has 1 aromatic carbocycles. The van der Waals surface area contributed by atoms with Crippen LogP contribution in [0.25, 0.3) is 0 Å². The molecule has 0 saturated carbocycles. The minimum absolute atomic E-state index is 0.342. The molecule has 1 fully saturated rings. The van der Waals surface area contributed by atoms with Gasteiger partial charge in [-0.1, -0.05) is 12.1 Å². The number of rotatable bonds is 5. The van der Waals surface area contributed by atoms with E-state index in [1.54, 1.807) is 6.07 Å². The summed E-state index contributed by atoms with van der Waals surface area (Å²) in [6, 6.07) is 10.5. The first-order valence-corrected chi connectivity index (χ1v) is 10.0. The Labute approximate surface area is 162 Å². The zero-order chi connectivity index (χ0) is 18.8. The average molecular weight is 370 g/mol. The van der Waals surface area contributed by atoms with E-state index in [1.807, 2.05) is 12.1 Å². The summed E-state index contributed by atoms with van der Waals surface area (Å²) in [5, 5.41) is 14.5. The van der Waals surface area contributed by atoms with E-state index in [0.29, 0.717) is 11.8 Å². The van der Waals surface area contributed by atoms with Crippen LogP contribution in [-0.2, 0) is 26.2 Å². The van der Waals surface area contributed by atoms with Crippen LogP contribution < -0.4 is 0 Å². The van der Waals surface area contributed by atoms with Gasteiger partial charge in [-0.05, 0) is 57.2 Å². The van der Waals surface area contributed by atoms with Crippen molar-refractivity contribution in [3.8, 4) is 5.75 Å². The van der Waals surface area contributed by atoms with Crippen LogP contribution in [0.15, 0.2) is 30.3 Å². The minimum Gasteiger partial charge on any atom is -0.508 e. The van der Waals surface area contributed by atoms with E-state index in [1.165, 1.54) is 30.8 Å². The molecule has 0 aliphatic carbocycles. The maximum atomic E-state index is 9.67. The lowest BCUT2D eigenvalue weighted by Crippen LogP contribution is -2.44. The third-order valence-corrected chi connectivity index (χ3v) is 5.84. The maximum Gasteiger partial charge on any atom is 0.115 e. The smallest absolute Gasteiger partial charge is 0.115 e. The average Bonchev–Trinajstić information content (AvgIpc) is 3.03. The highest BCUT2D eigenvalue weighted by Gasteiger charge is 2.23. The van der Waals surface area contributed by atoms with Crippen molar-refractivity contribution in [2.24, 2.45) is 0 Å². The molecular formula is C21H31N5O. The number of phenolic OH excluding ortho intramolecular Hbond substituents is 1. The van der Waals surface area contributed by atoms with Gasteiger partial charge < -0.3 is 10.0 Å². The predicted molar refractivity (Wildman–Crippen MR) is 106 cm³/mol. The molecule has 1 N–H and O–H groups in total. The SMILES string of the molecule is CN(C)[C@@H]1CCCN(Cc2cc3n(n2)CCN(Cc2cccc(O)c2)C3)C1. The van der Waals surface area contributed by atoms with Crippen LogP contribution in [0.2, 0.25) is 0 Å². The van der Waals surface area contributed by atoms with Crippen LogP contribution in [0.5, 0.6) is 5.75 Å². The highest BCUT2D eigenvalue weighted by atomic mass is 16.3. The van der Waals surface area contributed by atoms with Gasteiger partial charge >= 0.3 is 0 Å². The molecule has 0 radical (unpaired) electrons. The highest BCUT2D eigenvalue weighted by Crippen LogP contribution is 2.20. The van der Waals surface area contributed by atoms with E-state index in [9.17, 15) is 5.11 Å². The van der Waals surface area contributed by atoms with Gasteiger partial charge in [0, 0.05) is 38.8 Å². The molecule has 2 aliphatic rings. The normalized spacial score (nSPS) is 21.5. The minimum atomic E-state index is 0.342. The topological polar surface area (TPSA) is 47.8 Å². The van der Waals surface area contributed by atoms with Gasteiger partial charge in [0.1, 0.15) is 5.75 Å². The standard InChI is InChI=1S/C21H31N5O/c1-23(2)19-6-4-8-24(15-19)14-18-12-20-16-25(9-10-26(20)22-18)13-17-5-3-7-21(27)11-17/h3,5,7,11-12,19,27H,4,6,8-10,13-16H2,1-2H3/t19-/m1/s1. The number of piperidine rings is 1. The van der Waals surface area contributed by atoms with Gasteiger partial charge in [-0.2, -0.15) is 5.10 Å².